The highest BCUT2D eigenvalue weighted by molar-refractivity contribution is 9.10. The van der Waals surface area contributed by atoms with E-state index in [1.807, 2.05) is 0 Å². The van der Waals surface area contributed by atoms with Gasteiger partial charge >= 0.3 is 0 Å². The molecule has 0 bridgehead atoms. The molecule has 5 heteroatoms. The zero-order valence-corrected chi connectivity index (χ0v) is 9.32. The summed E-state index contributed by atoms with van der Waals surface area (Å²) in [6.45, 7) is 1.45. The van der Waals surface area contributed by atoms with Crippen LogP contribution in [0.15, 0.2) is 16.7 Å². The molecule has 1 amide bonds. The summed E-state index contributed by atoms with van der Waals surface area (Å²) in [6.07, 6.45) is 0. The molecule has 1 heterocycles. The molecule has 0 atom stereocenters. The second-order valence-corrected chi connectivity index (χ2v) is 3.56. The van der Waals surface area contributed by atoms with Crippen LogP contribution < -0.4 is 5.32 Å². The van der Waals surface area contributed by atoms with Crippen molar-refractivity contribution in [2.24, 2.45) is 0 Å². The SMILES string of the molecule is CC(=O)Nc1cc(Br)nc(CCl)c1. The van der Waals surface area contributed by atoms with Gasteiger partial charge in [0.1, 0.15) is 4.60 Å². The van der Waals surface area contributed by atoms with Gasteiger partial charge in [0.05, 0.1) is 11.6 Å². The largest absolute Gasteiger partial charge is 0.326 e. The normalized spacial score (nSPS) is 9.77. The van der Waals surface area contributed by atoms with Gasteiger partial charge in [-0.05, 0) is 28.1 Å². The van der Waals surface area contributed by atoms with Gasteiger partial charge in [0.25, 0.3) is 0 Å². The standard InChI is InChI=1S/C8H8BrClN2O/c1-5(13)11-6-2-7(4-10)12-8(9)3-6/h2-3H,4H2,1H3,(H,11,12,13). The van der Waals surface area contributed by atoms with Crippen LogP contribution in [0, 0.1) is 0 Å². The van der Waals surface area contributed by atoms with E-state index in [1.165, 1.54) is 6.92 Å². The van der Waals surface area contributed by atoms with E-state index < -0.39 is 0 Å². The van der Waals surface area contributed by atoms with Gasteiger partial charge in [0.2, 0.25) is 5.91 Å². The lowest BCUT2D eigenvalue weighted by molar-refractivity contribution is -0.114. The molecule has 1 N–H and O–H groups in total. The molecule has 3 nitrogen and oxygen atoms in total. The van der Waals surface area contributed by atoms with Crippen molar-refractivity contribution in [1.29, 1.82) is 0 Å². The van der Waals surface area contributed by atoms with E-state index in [0.717, 1.165) is 5.69 Å². The summed E-state index contributed by atoms with van der Waals surface area (Å²) in [6, 6.07) is 3.45. The molecule has 1 rings (SSSR count). The van der Waals surface area contributed by atoms with E-state index in [2.05, 4.69) is 26.2 Å². The molecule has 0 saturated heterocycles. The molecule has 0 aromatic carbocycles. The van der Waals surface area contributed by atoms with Crippen LogP contribution in [0.25, 0.3) is 0 Å². The van der Waals surface area contributed by atoms with Crippen molar-refractivity contribution in [3.8, 4) is 0 Å². The highest BCUT2D eigenvalue weighted by Gasteiger charge is 2.01. The number of nitrogens with one attached hydrogen (secondary N) is 1. The van der Waals surface area contributed by atoms with Crippen LogP contribution in [0.3, 0.4) is 0 Å². The Bertz CT molecular complexity index is 330. The Labute approximate surface area is 89.6 Å². The molecule has 1 aromatic rings. The van der Waals surface area contributed by atoms with Gasteiger partial charge in [-0.2, -0.15) is 0 Å². The second kappa shape index (κ2) is 4.58. The van der Waals surface area contributed by atoms with Crippen LogP contribution in [-0.2, 0) is 10.7 Å². The summed E-state index contributed by atoms with van der Waals surface area (Å²) in [5.41, 5.74) is 1.42. The van der Waals surface area contributed by atoms with Gasteiger partial charge in [-0.15, -0.1) is 11.6 Å². The molecule has 0 unspecified atom stereocenters. The predicted molar refractivity (Wildman–Crippen MR) is 55.8 cm³/mol. The molecule has 0 aliphatic heterocycles. The Kier molecular flexibility index (Phi) is 3.69. The highest BCUT2D eigenvalue weighted by atomic mass is 79.9. The van der Waals surface area contributed by atoms with Crippen LogP contribution in [0.4, 0.5) is 5.69 Å². The summed E-state index contributed by atoms with van der Waals surface area (Å²) < 4.78 is 0.661. The lowest BCUT2D eigenvalue weighted by Gasteiger charge is -2.03. The van der Waals surface area contributed by atoms with E-state index in [4.69, 9.17) is 11.6 Å². The molecular formula is C8H8BrClN2O. The maximum Gasteiger partial charge on any atom is 0.221 e. The zero-order chi connectivity index (χ0) is 9.84. The van der Waals surface area contributed by atoms with E-state index >= 15 is 0 Å². The maximum atomic E-state index is 10.7. The molecule has 0 spiro atoms. The maximum absolute atomic E-state index is 10.7. The minimum Gasteiger partial charge on any atom is -0.326 e. The number of halogens is 2. The minimum atomic E-state index is -0.112. The second-order valence-electron chi connectivity index (χ2n) is 2.48. The smallest absolute Gasteiger partial charge is 0.221 e. The number of hydrogen-bond donors (Lipinski definition) is 1. The first-order valence-electron chi connectivity index (χ1n) is 3.62. The number of nitrogens with zero attached hydrogens (tertiary/aromatic N) is 1. The third kappa shape index (κ3) is 3.32. The van der Waals surface area contributed by atoms with Crippen molar-refractivity contribution in [3.63, 3.8) is 0 Å². The van der Waals surface area contributed by atoms with E-state index in [9.17, 15) is 4.79 Å². The van der Waals surface area contributed by atoms with Gasteiger partial charge < -0.3 is 5.32 Å². The van der Waals surface area contributed by atoms with Crippen LogP contribution in [0.5, 0.6) is 0 Å². The number of hydrogen-bond acceptors (Lipinski definition) is 2. The van der Waals surface area contributed by atoms with Crippen molar-refractivity contribution in [2.75, 3.05) is 5.32 Å². The van der Waals surface area contributed by atoms with Gasteiger partial charge in [-0.25, -0.2) is 4.98 Å². The number of aromatic nitrogens is 1. The fourth-order valence-electron chi connectivity index (χ4n) is 0.895. The number of carbonyl (C=O) groups excluding carboxylic acids is 1. The van der Waals surface area contributed by atoms with Gasteiger partial charge in [0.15, 0.2) is 0 Å². The monoisotopic (exact) mass is 262 g/mol. The lowest BCUT2D eigenvalue weighted by atomic mass is 10.3. The molecule has 13 heavy (non-hydrogen) atoms. The first-order chi connectivity index (χ1) is 6.11. The predicted octanol–water partition coefficient (Wildman–Crippen LogP) is 2.54. The number of carbonyl (C=O) groups is 1. The van der Waals surface area contributed by atoms with Crippen molar-refractivity contribution in [1.82, 2.24) is 4.98 Å². The van der Waals surface area contributed by atoms with Crippen molar-refractivity contribution < 1.29 is 4.79 Å². The van der Waals surface area contributed by atoms with Crippen LogP contribution in [0.2, 0.25) is 0 Å². The summed E-state index contributed by atoms with van der Waals surface area (Å²) in [5, 5.41) is 2.65. The first-order valence-corrected chi connectivity index (χ1v) is 4.94. The van der Waals surface area contributed by atoms with Crippen LogP contribution in [0.1, 0.15) is 12.6 Å². The molecular weight excluding hydrogens is 255 g/mol. The number of rotatable bonds is 2. The summed E-state index contributed by atoms with van der Waals surface area (Å²) in [7, 11) is 0. The highest BCUT2D eigenvalue weighted by Crippen LogP contribution is 2.16. The van der Waals surface area contributed by atoms with Gasteiger partial charge in [-0.1, -0.05) is 0 Å². The number of alkyl halides is 1. The van der Waals surface area contributed by atoms with E-state index in [1.54, 1.807) is 12.1 Å². The Balaban J connectivity index is 2.94. The van der Waals surface area contributed by atoms with Gasteiger partial charge in [-0.3, -0.25) is 4.79 Å². The minimum absolute atomic E-state index is 0.112. The van der Waals surface area contributed by atoms with E-state index in [0.29, 0.717) is 16.2 Å². The van der Waals surface area contributed by atoms with Crippen molar-refractivity contribution in [3.05, 3.63) is 22.4 Å². The molecule has 0 saturated carbocycles. The molecule has 70 valence electrons. The third-order valence-corrected chi connectivity index (χ3v) is 1.98. The molecule has 0 fully saturated rings. The van der Waals surface area contributed by atoms with E-state index in [-0.39, 0.29) is 5.91 Å². The quantitative estimate of drug-likeness (QED) is 0.658. The molecule has 0 aliphatic rings. The Morgan fingerprint density at radius 1 is 1.69 bits per heavy atom. The topological polar surface area (TPSA) is 42.0 Å². The molecule has 0 aliphatic carbocycles. The summed E-state index contributed by atoms with van der Waals surface area (Å²) in [5.74, 6) is 0.213. The fourth-order valence-corrected chi connectivity index (χ4v) is 1.51. The average molecular weight is 264 g/mol. The zero-order valence-electron chi connectivity index (χ0n) is 6.97. The average Bonchev–Trinajstić information content (AvgIpc) is 2.01. The van der Waals surface area contributed by atoms with Crippen LogP contribution in [-0.4, -0.2) is 10.9 Å². The van der Waals surface area contributed by atoms with Gasteiger partial charge in [0, 0.05) is 12.6 Å². The Morgan fingerprint density at radius 3 is 2.92 bits per heavy atom. The molecule has 1 aromatic heterocycles. The third-order valence-electron chi connectivity index (χ3n) is 1.30. The Hall–Kier alpha value is -0.610. The number of pyridine rings is 1. The first kappa shape index (κ1) is 10.5. The Morgan fingerprint density at radius 2 is 2.38 bits per heavy atom. The lowest BCUT2D eigenvalue weighted by Crippen LogP contribution is -2.06. The van der Waals surface area contributed by atoms with Crippen molar-refractivity contribution >= 4 is 39.1 Å². The number of amides is 1. The number of anilines is 1. The summed E-state index contributed by atoms with van der Waals surface area (Å²) >= 11 is 8.83. The summed E-state index contributed by atoms with van der Waals surface area (Å²) in [4.78, 5) is 14.8. The fraction of sp³-hybridized carbons (Fsp3) is 0.250. The van der Waals surface area contributed by atoms with Crippen molar-refractivity contribution in [2.45, 2.75) is 12.8 Å². The van der Waals surface area contributed by atoms with Crippen LogP contribution >= 0.6 is 27.5 Å². The molecule has 0 radical (unpaired) electrons.